The van der Waals surface area contributed by atoms with Crippen LogP contribution in [0.3, 0.4) is 0 Å². The van der Waals surface area contributed by atoms with Gasteiger partial charge in [-0.25, -0.2) is 0 Å². The maximum absolute atomic E-state index is 12.2. The number of aliphatic hydroxyl groups is 1. The largest absolute Gasteiger partial charge is 0.393 e. The van der Waals surface area contributed by atoms with Gasteiger partial charge in [0.05, 0.1) is 12.0 Å². The number of aliphatic hydroxyl groups excluding tert-OH is 1. The summed E-state index contributed by atoms with van der Waals surface area (Å²) in [5.41, 5.74) is 2.32. The van der Waals surface area contributed by atoms with Crippen molar-refractivity contribution in [3.05, 3.63) is 29.8 Å². The predicted molar refractivity (Wildman–Crippen MR) is 76.0 cm³/mol. The Morgan fingerprint density at radius 3 is 2.95 bits per heavy atom. The van der Waals surface area contributed by atoms with E-state index in [4.69, 9.17) is 0 Å². The van der Waals surface area contributed by atoms with E-state index < -0.39 is 0 Å². The minimum absolute atomic E-state index is 0.00432. The third kappa shape index (κ3) is 3.70. The Morgan fingerprint density at radius 1 is 1.47 bits per heavy atom. The van der Waals surface area contributed by atoms with Gasteiger partial charge in [0.25, 0.3) is 0 Å². The molecule has 0 fully saturated rings. The van der Waals surface area contributed by atoms with Gasteiger partial charge in [-0.15, -0.1) is 0 Å². The van der Waals surface area contributed by atoms with E-state index in [9.17, 15) is 9.90 Å². The highest BCUT2D eigenvalue weighted by molar-refractivity contribution is 5.81. The summed E-state index contributed by atoms with van der Waals surface area (Å²) in [5.74, 6) is 0.0292. The maximum atomic E-state index is 12.2. The van der Waals surface area contributed by atoms with Crippen molar-refractivity contribution in [2.24, 2.45) is 5.92 Å². The van der Waals surface area contributed by atoms with Gasteiger partial charge in [-0.2, -0.15) is 0 Å². The second kappa shape index (κ2) is 6.06. The zero-order valence-electron chi connectivity index (χ0n) is 11.5. The maximum Gasteiger partial charge on any atom is 0.225 e. The Morgan fingerprint density at radius 2 is 2.21 bits per heavy atom. The van der Waals surface area contributed by atoms with Crippen molar-refractivity contribution < 1.29 is 9.90 Å². The minimum atomic E-state index is -0.388. The normalized spacial score (nSPS) is 20.9. The molecule has 0 aliphatic carbocycles. The molecular weight excluding hydrogens is 240 g/mol. The van der Waals surface area contributed by atoms with Crippen molar-refractivity contribution in [3.8, 4) is 0 Å². The van der Waals surface area contributed by atoms with Gasteiger partial charge in [0.15, 0.2) is 0 Å². The Labute approximate surface area is 114 Å². The zero-order valence-corrected chi connectivity index (χ0v) is 11.5. The predicted octanol–water partition coefficient (Wildman–Crippen LogP) is 1.55. The van der Waals surface area contributed by atoms with Gasteiger partial charge in [0.2, 0.25) is 5.91 Å². The number of amides is 1. The van der Waals surface area contributed by atoms with E-state index in [-0.39, 0.29) is 24.0 Å². The van der Waals surface area contributed by atoms with E-state index in [0.29, 0.717) is 13.0 Å². The van der Waals surface area contributed by atoms with Crippen molar-refractivity contribution in [3.63, 3.8) is 0 Å². The Bertz CT molecular complexity index is 446. The van der Waals surface area contributed by atoms with E-state index in [0.717, 1.165) is 12.1 Å². The molecule has 4 heteroatoms. The summed E-state index contributed by atoms with van der Waals surface area (Å²) in [5, 5.41) is 15.6. The third-order valence-corrected chi connectivity index (χ3v) is 3.48. The molecule has 4 nitrogen and oxygen atoms in total. The molecule has 1 aliphatic heterocycles. The van der Waals surface area contributed by atoms with Crippen LogP contribution < -0.4 is 10.6 Å². The van der Waals surface area contributed by atoms with Gasteiger partial charge in [0.1, 0.15) is 0 Å². The number of carbonyl (C=O) groups is 1. The van der Waals surface area contributed by atoms with Gasteiger partial charge in [-0.1, -0.05) is 18.2 Å². The van der Waals surface area contributed by atoms with Crippen LogP contribution in [0, 0.1) is 5.92 Å². The van der Waals surface area contributed by atoms with Crippen LogP contribution in [0.4, 0.5) is 5.69 Å². The summed E-state index contributed by atoms with van der Waals surface area (Å²) in [4.78, 5) is 12.2. The van der Waals surface area contributed by atoms with Crippen LogP contribution in [0.5, 0.6) is 0 Å². The molecule has 19 heavy (non-hydrogen) atoms. The smallest absolute Gasteiger partial charge is 0.225 e. The molecular formula is C15H22N2O2. The SMILES string of the molecule is CC(O)CC(C)NC(=O)C1CNc2ccccc2C1. The van der Waals surface area contributed by atoms with Gasteiger partial charge >= 0.3 is 0 Å². The molecule has 3 atom stereocenters. The van der Waals surface area contributed by atoms with Crippen LogP contribution in [0.1, 0.15) is 25.8 Å². The molecule has 104 valence electrons. The fourth-order valence-corrected chi connectivity index (χ4v) is 2.56. The monoisotopic (exact) mass is 262 g/mol. The fraction of sp³-hybridized carbons (Fsp3) is 0.533. The Balaban J connectivity index is 1.92. The van der Waals surface area contributed by atoms with Crippen LogP contribution in [0.25, 0.3) is 0 Å². The summed E-state index contributed by atoms with van der Waals surface area (Å²) >= 11 is 0. The second-order valence-electron chi connectivity index (χ2n) is 5.43. The van der Waals surface area contributed by atoms with E-state index in [1.54, 1.807) is 6.92 Å². The van der Waals surface area contributed by atoms with Gasteiger partial charge in [-0.3, -0.25) is 4.79 Å². The van der Waals surface area contributed by atoms with Crippen LogP contribution in [-0.2, 0) is 11.2 Å². The number of fused-ring (bicyclic) bond motifs is 1. The highest BCUT2D eigenvalue weighted by Crippen LogP contribution is 2.24. The summed E-state index contributed by atoms with van der Waals surface area (Å²) < 4.78 is 0. The minimum Gasteiger partial charge on any atom is -0.393 e. The Kier molecular flexibility index (Phi) is 4.43. The number of rotatable bonds is 4. The standard InChI is InChI=1S/C15H22N2O2/c1-10(7-11(2)18)17-15(19)13-8-12-5-3-4-6-14(12)16-9-13/h3-6,10-11,13,16,18H,7-9H2,1-2H3,(H,17,19). The summed E-state index contributed by atoms with van der Waals surface area (Å²) in [6.07, 6.45) is 0.972. The number of para-hydroxylation sites is 1. The van der Waals surface area contributed by atoms with Gasteiger partial charge in [0, 0.05) is 18.3 Å². The van der Waals surface area contributed by atoms with Gasteiger partial charge in [-0.05, 0) is 38.3 Å². The van der Waals surface area contributed by atoms with Crippen LogP contribution in [-0.4, -0.2) is 29.7 Å². The first-order valence-corrected chi connectivity index (χ1v) is 6.86. The number of anilines is 1. The van der Waals surface area contributed by atoms with E-state index in [1.165, 1.54) is 5.56 Å². The molecule has 0 spiro atoms. The number of hydrogen-bond donors (Lipinski definition) is 3. The van der Waals surface area contributed by atoms with Crippen molar-refractivity contribution in [1.29, 1.82) is 0 Å². The summed E-state index contributed by atoms with van der Waals surface area (Å²) in [6.45, 7) is 4.33. The highest BCUT2D eigenvalue weighted by atomic mass is 16.3. The molecule has 3 unspecified atom stereocenters. The first-order valence-electron chi connectivity index (χ1n) is 6.86. The summed E-state index contributed by atoms with van der Waals surface area (Å²) in [7, 11) is 0. The van der Waals surface area contributed by atoms with Crippen LogP contribution in [0.2, 0.25) is 0 Å². The number of hydrogen-bond acceptors (Lipinski definition) is 3. The van der Waals surface area contributed by atoms with E-state index >= 15 is 0 Å². The van der Waals surface area contributed by atoms with Crippen molar-refractivity contribution >= 4 is 11.6 Å². The molecule has 0 saturated heterocycles. The topological polar surface area (TPSA) is 61.4 Å². The number of benzene rings is 1. The van der Waals surface area contributed by atoms with Crippen LogP contribution in [0.15, 0.2) is 24.3 Å². The van der Waals surface area contributed by atoms with E-state index in [1.807, 2.05) is 25.1 Å². The lowest BCUT2D eigenvalue weighted by Gasteiger charge is -2.27. The first-order chi connectivity index (χ1) is 9.06. The lowest BCUT2D eigenvalue weighted by atomic mass is 9.93. The average molecular weight is 262 g/mol. The molecule has 0 aromatic heterocycles. The van der Waals surface area contributed by atoms with Crippen molar-refractivity contribution in [2.45, 2.75) is 38.8 Å². The molecule has 1 heterocycles. The second-order valence-corrected chi connectivity index (χ2v) is 5.43. The van der Waals surface area contributed by atoms with Crippen molar-refractivity contribution in [2.75, 3.05) is 11.9 Å². The van der Waals surface area contributed by atoms with E-state index in [2.05, 4.69) is 16.7 Å². The molecule has 2 rings (SSSR count). The number of nitrogens with one attached hydrogen (secondary N) is 2. The first kappa shape index (κ1) is 13.9. The quantitative estimate of drug-likeness (QED) is 0.771. The Hall–Kier alpha value is -1.55. The molecule has 1 amide bonds. The zero-order chi connectivity index (χ0) is 13.8. The molecule has 3 N–H and O–H groups in total. The molecule has 0 saturated carbocycles. The number of carbonyl (C=O) groups excluding carboxylic acids is 1. The lowest BCUT2D eigenvalue weighted by molar-refractivity contribution is -0.125. The lowest BCUT2D eigenvalue weighted by Crippen LogP contribution is -2.42. The molecule has 0 radical (unpaired) electrons. The third-order valence-electron chi connectivity index (χ3n) is 3.48. The average Bonchev–Trinajstić information content (AvgIpc) is 2.37. The van der Waals surface area contributed by atoms with Gasteiger partial charge < -0.3 is 15.7 Å². The molecule has 1 aromatic rings. The van der Waals surface area contributed by atoms with Crippen LogP contribution >= 0.6 is 0 Å². The molecule has 1 aromatic carbocycles. The molecule has 0 bridgehead atoms. The molecule has 1 aliphatic rings. The van der Waals surface area contributed by atoms with Crippen molar-refractivity contribution in [1.82, 2.24) is 5.32 Å². The summed E-state index contributed by atoms with van der Waals surface area (Å²) in [6, 6.07) is 8.10. The highest BCUT2D eigenvalue weighted by Gasteiger charge is 2.25. The fourth-order valence-electron chi connectivity index (χ4n) is 2.56.